The Labute approximate surface area is 115 Å². The lowest BCUT2D eigenvalue weighted by Crippen LogP contribution is -2.17. The van der Waals surface area contributed by atoms with E-state index in [1.165, 1.54) is 0 Å². The molecule has 0 unspecified atom stereocenters. The molecule has 0 saturated carbocycles. The first-order valence-corrected chi connectivity index (χ1v) is 6.51. The Hall–Kier alpha value is -1.95. The second kappa shape index (κ2) is 5.79. The van der Waals surface area contributed by atoms with Gasteiger partial charge in [-0.25, -0.2) is 0 Å². The summed E-state index contributed by atoms with van der Waals surface area (Å²) in [5, 5.41) is 1.86. The van der Waals surface area contributed by atoms with Crippen LogP contribution in [0.5, 0.6) is 11.5 Å². The fourth-order valence-electron chi connectivity index (χ4n) is 1.62. The molecule has 6 heteroatoms. The highest BCUT2D eigenvalue weighted by Crippen LogP contribution is 2.31. The second-order valence-corrected chi connectivity index (χ2v) is 4.71. The number of thioether (sulfide) groups is 1. The first-order chi connectivity index (χ1) is 9.13. The molecular formula is C13H13NO4S. The summed E-state index contributed by atoms with van der Waals surface area (Å²) in [6.45, 7) is 2.40. The van der Waals surface area contributed by atoms with E-state index in [2.05, 4.69) is 5.32 Å². The van der Waals surface area contributed by atoms with Gasteiger partial charge in [0.1, 0.15) is 0 Å². The monoisotopic (exact) mass is 279 g/mol. The number of carbonyl (C=O) groups excluding carboxylic acids is 2. The fraction of sp³-hybridized carbons (Fsp3) is 0.231. The minimum absolute atomic E-state index is 0.352. The van der Waals surface area contributed by atoms with Gasteiger partial charge in [-0.1, -0.05) is 6.07 Å². The smallest absolute Gasteiger partial charge is 0.290 e. The quantitative estimate of drug-likeness (QED) is 0.857. The van der Waals surface area contributed by atoms with Crippen LogP contribution < -0.4 is 14.8 Å². The molecular weight excluding hydrogens is 266 g/mol. The van der Waals surface area contributed by atoms with E-state index in [1.807, 2.05) is 6.92 Å². The van der Waals surface area contributed by atoms with Crippen LogP contribution in [0.4, 0.5) is 4.79 Å². The number of ether oxygens (including phenoxy) is 2. The van der Waals surface area contributed by atoms with Gasteiger partial charge in [-0.15, -0.1) is 0 Å². The molecule has 1 aliphatic rings. The van der Waals surface area contributed by atoms with Gasteiger partial charge in [-0.3, -0.25) is 14.9 Å². The van der Waals surface area contributed by atoms with Gasteiger partial charge < -0.3 is 9.47 Å². The van der Waals surface area contributed by atoms with Gasteiger partial charge in [0, 0.05) is 0 Å². The molecule has 0 spiro atoms. The van der Waals surface area contributed by atoms with Crippen LogP contribution >= 0.6 is 11.8 Å². The third-order valence-corrected chi connectivity index (χ3v) is 3.24. The number of amides is 2. The van der Waals surface area contributed by atoms with Crippen LogP contribution in [0.15, 0.2) is 23.1 Å². The number of carbonyl (C=O) groups is 2. The SMILES string of the molecule is CCOc1cc(C=C2SC(=O)NC2=O)ccc1OC. The number of benzene rings is 1. The summed E-state index contributed by atoms with van der Waals surface area (Å²) in [6.07, 6.45) is 1.65. The molecule has 1 fully saturated rings. The zero-order valence-corrected chi connectivity index (χ0v) is 11.4. The van der Waals surface area contributed by atoms with E-state index < -0.39 is 0 Å². The Balaban J connectivity index is 2.31. The van der Waals surface area contributed by atoms with E-state index in [9.17, 15) is 9.59 Å². The highest BCUT2D eigenvalue weighted by atomic mass is 32.2. The number of rotatable bonds is 4. The van der Waals surface area contributed by atoms with Gasteiger partial charge >= 0.3 is 0 Å². The number of nitrogens with one attached hydrogen (secondary N) is 1. The molecule has 1 aliphatic heterocycles. The predicted octanol–water partition coefficient (Wildman–Crippen LogP) is 2.42. The van der Waals surface area contributed by atoms with E-state index in [0.29, 0.717) is 23.0 Å². The Morgan fingerprint density at radius 1 is 1.32 bits per heavy atom. The van der Waals surface area contributed by atoms with Crippen molar-refractivity contribution in [1.29, 1.82) is 0 Å². The molecule has 2 amide bonds. The van der Waals surface area contributed by atoms with Crippen molar-refractivity contribution in [3.63, 3.8) is 0 Å². The summed E-state index contributed by atoms with van der Waals surface area (Å²) in [6, 6.07) is 5.33. The molecule has 1 saturated heterocycles. The summed E-state index contributed by atoms with van der Waals surface area (Å²) in [5.74, 6) is 0.862. The van der Waals surface area contributed by atoms with Gasteiger partial charge in [-0.05, 0) is 42.5 Å². The molecule has 1 aromatic carbocycles. The van der Waals surface area contributed by atoms with Crippen LogP contribution in [0.2, 0.25) is 0 Å². The normalized spacial score (nSPS) is 16.6. The lowest BCUT2D eigenvalue weighted by molar-refractivity contribution is -0.115. The summed E-state index contributed by atoms with van der Waals surface area (Å²) in [4.78, 5) is 22.9. The molecule has 0 aromatic heterocycles. The molecule has 5 nitrogen and oxygen atoms in total. The minimum atomic E-state index is -0.372. The van der Waals surface area contributed by atoms with Gasteiger partial charge in [0.15, 0.2) is 11.5 Å². The van der Waals surface area contributed by atoms with Gasteiger partial charge in [0.2, 0.25) is 0 Å². The lowest BCUT2D eigenvalue weighted by atomic mass is 10.2. The molecule has 1 aromatic rings. The third kappa shape index (κ3) is 3.08. The molecule has 0 aliphatic carbocycles. The molecule has 100 valence electrons. The predicted molar refractivity (Wildman–Crippen MR) is 73.3 cm³/mol. The van der Waals surface area contributed by atoms with Crippen molar-refractivity contribution in [2.45, 2.75) is 6.92 Å². The zero-order valence-electron chi connectivity index (χ0n) is 10.6. The molecule has 0 atom stereocenters. The van der Waals surface area contributed by atoms with Gasteiger partial charge in [-0.2, -0.15) is 0 Å². The summed E-state index contributed by atoms with van der Waals surface area (Å²) < 4.78 is 10.6. The highest BCUT2D eigenvalue weighted by molar-refractivity contribution is 8.18. The first-order valence-electron chi connectivity index (χ1n) is 5.69. The second-order valence-electron chi connectivity index (χ2n) is 3.70. The summed E-state index contributed by atoms with van der Waals surface area (Å²) in [5.41, 5.74) is 0.775. The van der Waals surface area contributed by atoms with Crippen LogP contribution in [0.25, 0.3) is 6.08 Å². The van der Waals surface area contributed by atoms with Crippen molar-refractivity contribution >= 4 is 29.0 Å². The number of imide groups is 1. The molecule has 1 N–H and O–H groups in total. The number of hydrogen-bond acceptors (Lipinski definition) is 5. The van der Waals surface area contributed by atoms with Crippen molar-refractivity contribution in [3.8, 4) is 11.5 Å². The fourth-order valence-corrected chi connectivity index (χ4v) is 2.31. The maximum Gasteiger partial charge on any atom is 0.290 e. The maximum atomic E-state index is 11.4. The van der Waals surface area contributed by atoms with E-state index in [-0.39, 0.29) is 11.1 Å². The standard InChI is InChI=1S/C13H13NO4S/c1-3-18-10-6-8(4-5-9(10)17-2)7-11-12(15)14-13(16)19-11/h4-7H,3H2,1-2H3,(H,14,15,16). The Morgan fingerprint density at radius 2 is 2.11 bits per heavy atom. The summed E-state index contributed by atoms with van der Waals surface area (Å²) in [7, 11) is 1.56. The summed E-state index contributed by atoms with van der Waals surface area (Å²) >= 11 is 0.887. The van der Waals surface area contributed by atoms with Gasteiger partial charge in [0.05, 0.1) is 18.6 Å². The van der Waals surface area contributed by atoms with Crippen LogP contribution in [0.1, 0.15) is 12.5 Å². The average molecular weight is 279 g/mol. The van der Waals surface area contributed by atoms with Gasteiger partial charge in [0.25, 0.3) is 11.1 Å². The van der Waals surface area contributed by atoms with Crippen LogP contribution in [0, 0.1) is 0 Å². The maximum absolute atomic E-state index is 11.4. The Kier molecular flexibility index (Phi) is 4.11. The lowest BCUT2D eigenvalue weighted by Gasteiger charge is -2.09. The highest BCUT2D eigenvalue weighted by Gasteiger charge is 2.25. The van der Waals surface area contributed by atoms with Crippen molar-refractivity contribution < 1.29 is 19.1 Å². The first kappa shape index (κ1) is 13.5. The van der Waals surface area contributed by atoms with Crippen molar-refractivity contribution in [2.24, 2.45) is 0 Å². The van der Waals surface area contributed by atoms with Crippen LogP contribution in [-0.2, 0) is 4.79 Å². The topological polar surface area (TPSA) is 64.6 Å². The van der Waals surface area contributed by atoms with Crippen molar-refractivity contribution in [3.05, 3.63) is 28.7 Å². The van der Waals surface area contributed by atoms with Crippen molar-refractivity contribution in [2.75, 3.05) is 13.7 Å². The number of hydrogen-bond donors (Lipinski definition) is 1. The Bertz CT molecular complexity index is 554. The largest absolute Gasteiger partial charge is 0.493 e. The van der Waals surface area contributed by atoms with Crippen molar-refractivity contribution in [1.82, 2.24) is 5.32 Å². The zero-order chi connectivity index (χ0) is 13.8. The Morgan fingerprint density at radius 3 is 2.68 bits per heavy atom. The molecule has 1 heterocycles. The van der Waals surface area contributed by atoms with Crippen LogP contribution in [-0.4, -0.2) is 24.9 Å². The minimum Gasteiger partial charge on any atom is -0.493 e. The molecule has 0 bridgehead atoms. The van der Waals surface area contributed by atoms with E-state index in [4.69, 9.17) is 9.47 Å². The third-order valence-electron chi connectivity index (χ3n) is 2.43. The van der Waals surface area contributed by atoms with E-state index in [1.54, 1.807) is 31.4 Å². The number of methoxy groups -OCH3 is 1. The average Bonchev–Trinajstić information content (AvgIpc) is 2.69. The van der Waals surface area contributed by atoms with E-state index in [0.717, 1.165) is 17.3 Å². The molecule has 19 heavy (non-hydrogen) atoms. The van der Waals surface area contributed by atoms with E-state index >= 15 is 0 Å². The molecule has 2 rings (SSSR count). The van der Waals surface area contributed by atoms with Crippen LogP contribution in [0.3, 0.4) is 0 Å². The molecule has 0 radical (unpaired) electrons.